The standard InChI is InChI=1S/C12H17NO2/c1-12(2)11(13)6-8-4-5-9(14-3)7-10(8)15-12/h4-5,7,11H,6,13H2,1-3H3. The van der Waals surface area contributed by atoms with E-state index in [1.165, 1.54) is 0 Å². The van der Waals surface area contributed by atoms with Crippen molar-refractivity contribution in [3.8, 4) is 11.5 Å². The van der Waals surface area contributed by atoms with Crippen molar-refractivity contribution in [1.82, 2.24) is 0 Å². The van der Waals surface area contributed by atoms with Crippen molar-refractivity contribution >= 4 is 0 Å². The van der Waals surface area contributed by atoms with Crippen LogP contribution in [-0.2, 0) is 6.42 Å². The average Bonchev–Trinajstić information content (AvgIpc) is 2.18. The van der Waals surface area contributed by atoms with Gasteiger partial charge in [-0.2, -0.15) is 0 Å². The fourth-order valence-electron chi connectivity index (χ4n) is 1.77. The minimum absolute atomic E-state index is 0.0402. The van der Waals surface area contributed by atoms with Crippen LogP contribution in [0.5, 0.6) is 11.5 Å². The minimum Gasteiger partial charge on any atom is -0.497 e. The molecule has 3 heteroatoms. The van der Waals surface area contributed by atoms with Crippen molar-refractivity contribution in [3.63, 3.8) is 0 Å². The number of fused-ring (bicyclic) bond motifs is 1. The summed E-state index contributed by atoms with van der Waals surface area (Å²) in [7, 11) is 1.65. The first kappa shape index (κ1) is 10.3. The molecule has 0 radical (unpaired) electrons. The average molecular weight is 207 g/mol. The Morgan fingerprint density at radius 3 is 2.87 bits per heavy atom. The van der Waals surface area contributed by atoms with Crippen molar-refractivity contribution in [3.05, 3.63) is 23.8 Å². The lowest BCUT2D eigenvalue weighted by atomic mass is 9.89. The molecule has 0 aromatic heterocycles. The number of rotatable bonds is 1. The van der Waals surface area contributed by atoms with Gasteiger partial charge < -0.3 is 15.2 Å². The molecule has 1 aliphatic heterocycles. The third kappa shape index (κ3) is 1.79. The summed E-state index contributed by atoms with van der Waals surface area (Å²) < 4.78 is 11.0. The number of hydrogen-bond acceptors (Lipinski definition) is 3. The zero-order chi connectivity index (χ0) is 11.1. The van der Waals surface area contributed by atoms with E-state index in [1.807, 2.05) is 32.0 Å². The van der Waals surface area contributed by atoms with Crippen molar-refractivity contribution < 1.29 is 9.47 Å². The maximum atomic E-state index is 6.04. The monoisotopic (exact) mass is 207 g/mol. The van der Waals surface area contributed by atoms with Gasteiger partial charge in [0.2, 0.25) is 0 Å². The number of methoxy groups -OCH3 is 1. The summed E-state index contributed by atoms with van der Waals surface area (Å²) in [4.78, 5) is 0. The van der Waals surface area contributed by atoms with Gasteiger partial charge in [-0.15, -0.1) is 0 Å². The lowest BCUT2D eigenvalue weighted by molar-refractivity contribution is 0.0637. The summed E-state index contributed by atoms with van der Waals surface area (Å²) in [5.41, 5.74) is 6.89. The van der Waals surface area contributed by atoms with Crippen LogP contribution in [-0.4, -0.2) is 18.8 Å². The molecule has 1 heterocycles. The topological polar surface area (TPSA) is 44.5 Å². The first-order chi connectivity index (χ1) is 7.03. The molecule has 1 unspecified atom stereocenters. The van der Waals surface area contributed by atoms with Gasteiger partial charge in [0, 0.05) is 12.1 Å². The van der Waals surface area contributed by atoms with E-state index in [4.69, 9.17) is 15.2 Å². The molecule has 1 aliphatic rings. The van der Waals surface area contributed by atoms with Crippen LogP contribution in [0.4, 0.5) is 0 Å². The lowest BCUT2D eigenvalue weighted by Crippen LogP contribution is -2.51. The van der Waals surface area contributed by atoms with E-state index in [1.54, 1.807) is 7.11 Å². The largest absolute Gasteiger partial charge is 0.497 e. The van der Waals surface area contributed by atoms with Crippen LogP contribution < -0.4 is 15.2 Å². The van der Waals surface area contributed by atoms with Crippen LogP contribution in [0.3, 0.4) is 0 Å². The molecule has 0 fully saturated rings. The van der Waals surface area contributed by atoms with Gasteiger partial charge in [0.1, 0.15) is 17.1 Å². The maximum absolute atomic E-state index is 6.04. The van der Waals surface area contributed by atoms with Gasteiger partial charge in [0.05, 0.1) is 7.11 Å². The van der Waals surface area contributed by atoms with E-state index in [2.05, 4.69) is 0 Å². The van der Waals surface area contributed by atoms with E-state index < -0.39 is 0 Å². The Balaban J connectivity index is 2.37. The minimum atomic E-state index is -0.306. The van der Waals surface area contributed by atoms with Gasteiger partial charge in [-0.3, -0.25) is 0 Å². The SMILES string of the molecule is COc1ccc2c(c1)OC(C)(C)C(N)C2. The molecule has 0 spiro atoms. The van der Waals surface area contributed by atoms with Crippen molar-refractivity contribution in [2.45, 2.75) is 31.9 Å². The summed E-state index contributed by atoms with van der Waals surface area (Å²) in [6.07, 6.45) is 0.853. The van der Waals surface area contributed by atoms with Gasteiger partial charge in [0.25, 0.3) is 0 Å². The molecular weight excluding hydrogens is 190 g/mol. The summed E-state index contributed by atoms with van der Waals surface area (Å²) in [5.74, 6) is 1.71. The molecule has 0 aliphatic carbocycles. The van der Waals surface area contributed by atoms with E-state index in [0.29, 0.717) is 0 Å². The smallest absolute Gasteiger partial charge is 0.127 e. The molecule has 2 rings (SSSR count). The molecule has 15 heavy (non-hydrogen) atoms. The zero-order valence-electron chi connectivity index (χ0n) is 9.41. The Labute approximate surface area is 90.2 Å². The van der Waals surface area contributed by atoms with Gasteiger partial charge in [-0.25, -0.2) is 0 Å². The predicted molar refractivity (Wildman–Crippen MR) is 59.4 cm³/mol. The van der Waals surface area contributed by atoms with E-state index in [9.17, 15) is 0 Å². The Morgan fingerprint density at radius 1 is 1.47 bits per heavy atom. The molecule has 0 bridgehead atoms. The van der Waals surface area contributed by atoms with Crippen LogP contribution in [0, 0.1) is 0 Å². The van der Waals surface area contributed by atoms with Crippen LogP contribution in [0.25, 0.3) is 0 Å². The highest BCUT2D eigenvalue weighted by atomic mass is 16.5. The van der Waals surface area contributed by atoms with E-state index >= 15 is 0 Å². The first-order valence-electron chi connectivity index (χ1n) is 5.14. The second kappa shape index (κ2) is 3.42. The van der Waals surface area contributed by atoms with Crippen LogP contribution in [0.1, 0.15) is 19.4 Å². The van der Waals surface area contributed by atoms with Crippen molar-refractivity contribution in [2.24, 2.45) is 5.73 Å². The van der Waals surface area contributed by atoms with Crippen LogP contribution in [0.2, 0.25) is 0 Å². The summed E-state index contributed by atoms with van der Waals surface area (Å²) in [6, 6.07) is 5.91. The van der Waals surface area contributed by atoms with E-state index in [-0.39, 0.29) is 11.6 Å². The predicted octanol–water partition coefficient (Wildman–Crippen LogP) is 1.74. The number of nitrogens with two attached hydrogens (primary N) is 1. The Hall–Kier alpha value is -1.22. The van der Waals surface area contributed by atoms with Gasteiger partial charge in [0.15, 0.2) is 0 Å². The number of hydrogen-bond donors (Lipinski definition) is 1. The maximum Gasteiger partial charge on any atom is 0.127 e. The fourth-order valence-corrected chi connectivity index (χ4v) is 1.77. The Morgan fingerprint density at radius 2 is 2.20 bits per heavy atom. The second-order valence-electron chi connectivity index (χ2n) is 4.49. The van der Waals surface area contributed by atoms with Crippen molar-refractivity contribution in [2.75, 3.05) is 7.11 Å². The van der Waals surface area contributed by atoms with Crippen LogP contribution >= 0.6 is 0 Å². The third-order valence-corrected chi connectivity index (χ3v) is 2.98. The summed E-state index contributed by atoms with van der Waals surface area (Å²) in [6.45, 7) is 4.03. The highest BCUT2D eigenvalue weighted by Crippen LogP contribution is 2.34. The molecule has 0 saturated carbocycles. The quantitative estimate of drug-likeness (QED) is 0.762. The molecule has 0 saturated heterocycles. The normalized spacial score (nSPS) is 22.8. The first-order valence-corrected chi connectivity index (χ1v) is 5.14. The number of ether oxygens (including phenoxy) is 2. The van der Waals surface area contributed by atoms with E-state index in [0.717, 1.165) is 23.5 Å². The molecule has 3 nitrogen and oxygen atoms in total. The second-order valence-corrected chi connectivity index (χ2v) is 4.49. The Bertz CT molecular complexity index is 374. The van der Waals surface area contributed by atoms with Crippen LogP contribution in [0.15, 0.2) is 18.2 Å². The summed E-state index contributed by atoms with van der Waals surface area (Å²) in [5, 5.41) is 0. The molecule has 1 aromatic carbocycles. The van der Waals surface area contributed by atoms with Gasteiger partial charge in [-0.05, 0) is 31.9 Å². The fraction of sp³-hybridized carbons (Fsp3) is 0.500. The molecule has 1 aromatic rings. The Kier molecular flexibility index (Phi) is 2.35. The van der Waals surface area contributed by atoms with Crippen molar-refractivity contribution in [1.29, 1.82) is 0 Å². The molecule has 0 amide bonds. The molecular formula is C12H17NO2. The zero-order valence-corrected chi connectivity index (χ0v) is 9.41. The lowest BCUT2D eigenvalue weighted by Gasteiger charge is -2.38. The molecule has 1 atom stereocenters. The highest BCUT2D eigenvalue weighted by molar-refractivity contribution is 5.43. The molecule has 2 N–H and O–H groups in total. The van der Waals surface area contributed by atoms with Gasteiger partial charge >= 0.3 is 0 Å². The highest BCUT2D eigenvalue weighted by Gasteiger charge is 2.34. The molecule has 82 valence electrons. The summed E-state index contributed by atoms with van der Waals surface area (Å²) >= 11 is 0. The number of benzene rings is 1. The van der Waals surface area contributed by atoms with Gasteiger partial charge in [-0.1, -0.05) is 6.07 Å². The third-order valence-electron chi connectivity index (χ3n) is 2.98.